The van der Waals surface area contributed by atoms with E-state index in [0.29, 0.717) is 40.3 Å². The summed E-state index contributed by atoms with van der Waals surface area (Å²) < 4.78 is 1.76. The Bertz CT molecular complexity index is 878. The first-order chi connectivity index (χ1) is 13.5. The minimum absolute atomic E-state index is 0.00870. The summed E-state index contributed by atoms with van der Waals surface area (Å²) in [6.45, 7) is 7.93. The maximum atomic E-state index is 13.0. The minimum Gasteiger partial charge on any atom is -0.339 e. The quantitative estimate of drug-likeness (QED) is 0.512. The van der Waals surface area contributed by atoms with Gasteiger partial charge in [0.25, 0.3) is 5.56 Å². The van der Waals surface area contributed by atoms with E-state index in [-0.39, 0.29) is 11.5 Å². The minimum atomic E-state index is -0.00870. The van der Waals surface area contributed by atoms with Crippen molar-refractivity contribution in [2.24, 2.45) is 5.92 Å². The van der Waals surface area contributed by atoms with Crippen molar-refractivity contribution >= 4 is 28.6 Å². The Labute approximate surface area is 171 Å². The molecule has 152 valence electrons. The summed E-state index contributed by atoms with van der Waals surface area (Å²) in [5.41, 5.74) is 0.693. The Balaban J connectivity index is 1.83. The van der Waals surface area contributed by atoms with Gasteiger partial charge in [0.15, 0.2) is 5.16 Å². The third-order valence-electron chi connectivity index (χ3n) is 5.50. The highest BCUT2D eigenvalue weighted by molar-refractivity contribution is 7.99. The fourth-order valence-electron chi connectivity index (χ4n) is 3.80. The van der Waals surface area contributed by atoms with E-state index in [1.165, 1.54) is 18.2 Å². The number of aromatic nitrogens is 2. The number of hydrogen-bond donors (Lipinski definition) is 0. The van der Waals surface area contributed by atoms with Crippen LogP contribution >= 0.6 is 11.8 Å². The molecule has 1 aromatic heterocycles. The summed E-state index contributed by atoms with van der Waals surface area (Å²) >= 11 is 1.40. The molecule has 5 nitrogen and oxygen atoms in total. The molecule has 1 amide bonds. The number of para-hydroxylation sites is 1. The van der Waals surface area contributed by atoms with Crippen LogP contribution < -0.4 is 5.56 Å². The number of nitrogens with zero attached hydrogens (tertiary/aromatic N) is 3. The van der Waals surface area contributed by atoms with E-state index in [0.717, 1.165) is 32.2 Å². The first kappa shape index (κ1) is 20.9. The highest BCUT2D eigenvalue weighted by Gasteiger charge is 2.25. The lowest BCUT2D eigenvalue weighted by atomic mass is 10.0. The number of thioether (sulfide) groups is 1. The van der Waals surface area contributed by atoms with Crippen LogP contribution in [0.3, 0.4) is 0 Å². The van der Waals surface area contributed by atoms with Crippen molar-refractivity contribution in [2.45, 2.75) is 70.6 Å². The number of amides is 1. The number of carbonyl (C=O) groups is 1. The molecule has 0 aliphatic carbocycles. The van der Waals surface area contributed by atoms with E-state index < -0.39 is 0 Å². The predicted octanol–water partition coefficient (Wildman–Crippen LogP) is 4.33. The molecule has 0 saturated carbocycles. The van der Waals surface area contributed by atoms with Crippen molar-refractivity contribution in [1.82, 2.24) is 14.5 Å². The lowest BCUT2D eigenvalue weighted by Gasteiger charge is -2.35. The van der Waals surface area contributed by atoms with Crippen molar-refractivity contribution in [3.05, 3.63) is 34.6 Å². The number of rotatable bonds is 7. The van der Waals surface area contributed by atoms with Gasteiger partial charge in [-0.25, -0.2) is 4.98 Å². The Morgan fingerprint density at radius 3 is 2.82 bits per heavy atom. The van der Waals surface area contributed by atoms with Gasteiger partial charge in [0.05, 0.1) is 16.7 Å². The normalized spacial score (nSPS) is 17.4. The molecule has 1 fully saturated rings. The SMILES string of the molecule is CCC1CCCCN1C(=O)CSc1nc2ccccc2c(=O)n1CCC(C)C. The van der Waals surface area contributed by atoms with Crippen molar-refractivity contribution < 1.29 is 4.79 Å². The molecule has 1 atom stereocenters. The number of piperidine rings is 1. The lowest BCUT2D eigenvalue weighted by Crippen LogP contribution is -2.44. The van der Waals surface area contributed by atoms with Crippen LogP contribution in [0.1, 0.15) is 52.9 Å². The second-order valence-electron chi connectivity index (χ2n) is 7.98. The molecule has 2 aromatic rings. The summed E-state index contributed by atoms with van der Waals surface area (Å²) in [6.07, 6.45) is 5.30. The zero-order valence-corrected chi connectivity index (χ0v) is 18.0. The molecular weight excluding hydrogens is 370 g/mol. The highest BCUT2D eigenvalue weighted by atomic mass is 32.2. The fraction of sp³-hybridized carbons (Fsp3) is 0.591. The van der Waals surface area contributed by atoms with Gasteiger partial charge in [-0.05, 0) is 50.2 Å². The Kier molecular flexibility index (Phi) is 7.16. The van der Waals surface area contributed by atoms with Crippen molar-refractivity contribution in [2.75, 3.05) is 12.3 Å². The number of likely N-dealkylation sites (tertiary alicyclic amines) is 1. The Morgan fingerprint density at radius 1 is 1.29 bits per heavy atom. The first-order valence-corrected chi connectivity index (χ1v) is 11.4. The molecule has 0 N–H and O–H groups in total. The molecular formula is C22H31N3O2S. The van der Waals surface area contributed by atoms with Crippen LogP contribution in [0.5, 0.6) is 0 Å². The molecule has 1 aromatic carbocycles. The molecule has 1 aliphatic rings. The zero-order valence-electron chi connectivity index (χ0n) is 17.2. The highest BCUT2D eigenvalue weighted by Crippen LogP contribution is 2.23. The summed E-state index contributed by atoms with van der Waals surface area (Å²) in [4.78, 5) is 32.6. The van der Waals surface area contributed by atoms with Crippen molar-refractivity contribution in [1.29, 1.82) is 0 Å². The zero-order chi connectivity index (χ0) is 20.1. The number of benzene rings is 1. The van der Waals surface area contributed by atoms with Gasteiger partial charge in [0.1, 0.15) is 0 Å². The smallest absolute Gasteiger partial charge is 0.262 e. The van der Waals surface area contributed by atoms with Crippen molar-refractivity contribution in [3.8, 4) is 0 Å². The monoisotopic (exact) mass is 401 g/mol. The average Bonchev–Trinajstić information content (AvgIpc) is 2.71. The van der Waals surface area contributed by atoms with Gasteiger partial charge in [-0.15, -0.1) is 0 Å². The van der Waals surface area contributed by atoms with Gasteiger partial charge in [0, 0.05) is 19.1 Å². The van der Waals surface area contributed by atoms with E-state index in [4.69, 9.17) is 4.98 Å². The largest absolute Gasteiger partial charge is 0.339 e. The van der Waals surface area contributed by atoms with Gasteiger partial charge in [-0.2, -0.15) is 0 Å². The van der Waals surface area contributed by atoms with Crippen LogP contribution in [-0.2, 0) is 11.3 Å². The maximum Gasteiger partial charge on any atom is 0.262 e. The van der Waals surface area contributed by atoms with E-state index in [1.807, 2.05) is 29.2 Å². The van der Waals surface area contributed by atoms with Gasteiger partial charge in [-0.3, -0.25) is 14.2 Å². The summed E-state index contributed by atoms with van der Waals surface area (Å²) in [5, 5.41) is 1.30. The second kappa shape index (κ2) is 9.59. The molecule has 6 heteroatoms. The molecule has 1 aliphatic heterocycles. The molecule has 0 spiro atoms. The Morgan fingerprint density at radius 2 is 2.07 bits per heavy atom. The van der Waals surface area contributed by atoms with Crippen LogP contribution in [-0.4, -0.2) is 38.7 Å². The third kappa shape index (κ3) is 4.77. The standard InChI is InChI=1S/C22H31N3O2S/c1-4-17-9-7-8-13-24(17)20(26)15-28-22-23-19-11-6-5-10-18(19)21(27)25(22)14-12-16(2)3/h5-6,10-11,16-17H,4,7-9,12-15H2,1-3H3. The number of fused-ring (bicyclic) bond motifs is 1. The van der Waals surface area contributed by atoms with Crippen LogP contribution in [0.15, 0.2) is 34.2 Å². The topological polar surface area (TPSA) is 55.2 Å². The van der Waals surface area contributed by atoms with Crippen LogP contribution in [0.2, 0.25) is 0 Å². The number of hydrogen-bond acceptors (Lipinski definition) is 4. The molecule has 0 radical (unpaired) electrons. The summed E-state index contributed by atoms with van der Waals surface area (Å²) in [6, 6.07) is 7.82. The van der Waals surface area contributed by atoms with Crippen LogP contribution in [0.25, 0.3) is 10.9 Å². The van der Waals surface area contributed by atoms with Gasteiger partial charge in [0.2, 0.25) is 5.91 Å². The van der Waals surface area contributed by atoms with E-state index in [1.54, 1.807) is 4.57 Å². The third-order valence-corrected chi connectivity index (χ3v) is 6.46. The lowest BCUT2D eigenvalue weighted by molar-refractivity contribution is -0.132. The van der Waals surface area contributed by atoms with Crippen LogP contribution in [0, 0.1) is 5.92 Å². The first-order valence-electron chi connectivity index (χ1n) is 10.4. The van der Waals surface area contributed by atoms with Gasteiger partial charge >= 0.3 is 0 Å². The Hall–Kier alpha value is -1.82. The molecule has 1 unspecified atom stereocenters. The fourth-order valence-corrected chi connectivity index (χ4v) is 4.72. The van der Waals surface area contributed by atoms with Crippen molar-refractivity contribution in [3.63, 3.8) is 0 Å². The second-order valence-corrected chi connectivity index (χ2v) is 8.93. The molecule has 3 rings (SSSR count). The summed E-state index contributed by atoms with van der Waals surface area (Å²) in [7, 11) is 0. The molecule has 28 heavy (non-hydrogen) atoms. The van der Waals surface area contributed by atoms with E-state index >= 15 is 0 Å². The molecule has 0 bridgehead atoms. The number of carbonyl (C=O) groups excluding carboxylic acids is 1. The van der Waals surface area contributed by atoms with Gasteiger partial charge < -0.3 is 4.90 Å². The van der Waals surface area contributed by atoms with E-state index in [9.17, 15) is 9.59 Å². The summed E-state index contributed by atoms with van der Waals surface area (Å²) in [5.74, 6) is 0.994. The average molecular weight is 402 g/mol. The predicted molar refractivity (Wildman–Crippen MR) is 116 cm³/mol. The van der Waals surface area contributed by atoms with E-state index in [2.05, 4.69) is 20.8 Å². The molecule has 1 saturated heterocycles. The van der Waals surface area contributed by atoms with Crippen LogP contribution in [0.4, 0.5) is 0 Å². The molecule has 2 heterocycles. The van der Waals surface area contributed by atoms with Gasteiger partial charge in [-0.1, -0.05) is 44.7 Å². The maximum absolute atomic E-state index is 13.0.